The van der Waals surface area contributed by atoms with Crippen LogP contribution in [0, 0.1) is 17.8 Å². The first-order chi connectivity index (χ1) is 18.1. The summed E-state index contributed by atoms with van der Waals surface area (Å²) in [6.45, 7) is 16.2. The van der Waals surface area contributed by atoms with Crippen LogP contribution in [0.25, 0.3) is 0 Å². The lowest BCUT2D eigenvalue weighted by molar-refractivity contribution is -0.131. The van der Waals surface area contributed by atoms with Gasteiger partial charge in [0.1, 0.15) is 23.4 Å². The number of fused-ring (bicyclic) bond motifs is 1. The summed E-state index contributed by atoms with van der Waals surface area (Å²) in [5, 5.41) is 0. The van der Waals surface area contributed by atoms with Crippen LogP contribution in [0.15, 0.2) is 11.6 Å². The molecule has 0 aromatic carbocycles. The second-order valence-corrected chi connectivity index (χ2v) is 12.5. The van der Waals surface area contributed by atoms with Crippen molar-refractivity contribution in [2.75, 3.05) is 59.5 Å². The summed E-state index contributed by atoms with van der Waals surface area (Å²) in [6.07, 6.45) is 3.99. The van der Waals surface area contributed by atoms with Gasteiger partial charge in [0.05, 0.1) is 25.2 Å². The van der Waals surface area contributed by atoms with Gasteiger partial charge in [0.15, 0.2) is 0 Å². The third kappa shape index (κ3) is 5.23. The maximum atomic E-state index is 13.3. The van der Waals surface area contributed by atoms with E-state index in [9.17, 15) is 9.59 Å². The van der Waals surface area contributed by atoms with Crippen LogP contribution in [0.5, 0.6) is 0 Å². The molecular formula is C29H47N3O6. The Morgan fingerprint density at radius 1 is 1.11 bits per heavy atom. The summed E-state index contributed by atoms with van der Waals surface area (Å²) in [4.78, 5) is 31.9. The fourth-order valence-corrected chi connectivity index (χ4v) is 7.51. The highest BCUT2D eigenvalue weighted by Gasteiger charge is 2.72. The molecule has 9 heteroatoms. The minimum absolute atomic E-state index is 0.0250. The first-order valence-corrected chi connectivity index (χ1v) is 14.6. The van der Waals surface area contributed by atoms with Gasteiger partial charge in [-0.2, -0.15) is 0 Å². The molecule has 0 N–H and O–H groups in total. The zero-order valence-corrected chi connectivity index (χ0v) is 24.1. The number of methoxy groups -OCH3 is 1. The minimum Gasteiger partial charge on any atom is -0.443 e. The maximum absolute atomic E-state index is 13.3. The molecule has 4 heterocycles. The molecule has 2 amide bonds. The topological polar surface area (TPSA) is 87.4 Å². The molecule has 5 rings (SSSR count). The molecule has 0 radical (unpaired) electrons. The summed E-state index contributed by atoms with van der Waals surface area (Å²) in [5.74, 6) is 0.999. The van der Waals surface area contributed by atoms with Gasteiger partial charge in [-0.25, -0.2) is 4.79 Å². The Morgan fingerprint density at radius 3 is 2.32 bits per heavy atom. The van der Waals surface area contributed by atoms with Gasteiger partial charge in [0, 0.05) is 46.4 Å². The van der Waals surface area contributed by atoms with Gasteiger partial charge >= 0.3 is 6.09 Å². The lowest BCUT2D eigenvalue weighted by Crippen LogP contribution is -2.56. The van der Waals surface area contributed by atoms with E-state index in [4.69, 9.17) is 18.9 Å². The molecular weight excluding hydrogens is 486 g/mol. The van der Waals surface area contributed by atoms with E-state index in [2.05, 4.69) is 31.7 Å². The van der Waals surface area contributed by atoms with Gasteiger partial charge in [0.2, 0.25) is 5.91 Å². The Balaban J connectivity index is 1.17. The highest BCUT2D eigenvalue weighted by Crippen LogP contribution is 2.59. The number of hydrogen-bond donors (Lipinski definition) is 0. The van der Waals surface area contributed by atoms with Crippen LogP contribution in [0.1, 0.15) is 53.9 Å². The standard InChI is InChI=1S/C29H47N3O6/c1-7-31(8-2)24(33)17-30-13-20-15-32(16-21(20)14-30)27(34)37-22-11-12-29(18-36-29)26(25(22)35-6)28(5)23(38-28)10-9-19(3)4/h9,20-23,25-26H,7-8,10-18H2,1-6H3/t20-,21+,22-,23-,25-,26-,28+,29+/m1/s1. The molecule has 4 aliphatic heterocycles. The number of carbonyl (C=O) groups is 2. The highest BCUT2D eigenvalue weighted by molar-refractivity contribution is 5.78. The lowest BCUT2D eigenvalue weighted by atomic mass is 9.68. The first kappa shape index (κ1) is 27.9. The van der Waals surface area contributed by atoms with Gasteiger partial charge in [-0.1, -0.05) is 11.6 Å². The number of likely N-dealkylation sites (N-methyl/N-ethyl adjacent to an activating group) is 1. The highest BCUT2D eigenvalue weighted by atomic mass is 16.6. The number of carbonyl (C=O) groups excluding carboxylic acids is 2. The Kier molecular flexibility index (Phi) is 7.86. The van der Waals surface area contributed by atoms with Gasteiger partial charge in [0.25, 0.3) is 0 Å². The molecule has 0 unspecified atom stereocenters. The number of rotatable bonds is 9. The van der Waals surface area contributed by atoms with Gasteiger partial charge in [-0.05, 0) is 65.7 Å². The van der Waals surface area contributed by atoms with Crippen LogP contribution in [0.2, 0.25) is 0 Å². The van der Waals surface area contributed by atoms with E-state index in [1.807, 2.05) is 23.6 Å². The van der Waals surface area contributed by atoms with Crippen molar-refractivity contribution in [2.24, 2.45) is 17.8 Å². The van der Waals surface area contributed by atoms with E-state index in [0.29, 0.717) is 31.5 Å². The Hall–Kier alpha value is -1.68. The van der Waals surface area contributed by atoms with Crippen molar-refractivity contribution in [1.82, 2.24) is 14.7 Å². The van der Waals surface area contributed by atoms with E-state index < -0.39 is 0 Å². The van der Waals surface area contributed by atoms with Crippen LogP contribution < -0.4 is 0 Å². The maximum Gasteiger partial charge on any atom is 0.410 e. The predicted octanol–water partition coefficient (Wildman–Crippen LogP) is 2.93. The van der Waals surface area contributed by atoms with Crippen molar-refractivity contribution in [3.63, 3.8) is 0 Å². The van der Waals surface area contributed by atoms with Crippen molar-refractivity contribution in [3.8, 4) is 0 Å². The molecule has 5 fully saturated rings. The third-order valence-electron chi connectivity index (χ3n) is 9.78. The van der Waals surface area contributed by atoms with Crippen LogP contribution in [-0.4, -0.2) is 116 Å². The van der Waals surface area contributed by atoms with Gasteiger partial charge in [-0.3, -0.25) is 9.69 Å². The van der Waals surface area contributed by atoms with Crippen molar-refractivity contribution in [1.29, 1.82) is 0 Å². The largest absolute Gasteiger partial charge is 0.443 e. The monoisotopic (exact) mass is 533 g/mol. The first-order valence-electron chi connectivity index (χ1n) is 14.6. The number of allylic oxidation sites excluding steroid dienone is 1. The van der Waals surface area contributed by atoms with Crippen LogP contribution in [-0.2, 0) is 23.7 Å². The SMILES string of the molecule is CCN(CC)C(=O)CN1C[C@@H]2CN(C(=O)O[C@@H]3CC[C@]4(CO4)[C@@H]([C@@]4(C)O[C@@H]4CC=C(C)C)[C@@H]3OC)C[C@@H]2C1. The van der Waals surface area contributed by atoms with Crippen molar-refractivity contribution >= 4 is 12.0 Å². The second kappa shape index (κ2) is 10.7. The number of nitrogens with zero attached hydrogens (tertiary/aromatic N) is 3. The number of ether oxygens (including phenoxy) is 4. The summed E-state index contributed by atoms with van der Waals surface area (Å²) in [5.41, 5.74) is 0.715. The Labute approximate surface area is 227 Å². The zero-order valence-electron chi connectivity index (χ0n) is 24.1. The summed E-state index contributed by atoms with van der Waals surface area (Å²) in [7, 11) is 1.71. The molecule has 38 heavy (non-hydrogen) atoms. The second-order valence-electron chi connectivity index (χ2n) is 12.5. The summed E-state index contributed by atoms with van der Waals surface area (Å²) in [6, 6.07) is 0. The van der Waals surface area contributed by atoms with Gasteiger partial charge in [-0.15, -0.1) is 0 Å². The third-order valence-corrected chi connectivity index (χ3v) is 9.78. The normalized spacial score (nSPS) is 39.7. The predicted molar refractivity (Wildman–Crippen MR) is 143 cm³/mol. The molecule has 1 saturated carbocycles. The molecule has 214 valence electrons. The van der Waals surface area contributed by atoms with E-state index in [0.717, 1.165) is 52.0 Å². The van der Waals surface area contributed by atoms with E-state index >= 15 is 0 Å². The van der Waals surface area contributed by atoms with Gasteiger partial charge < -0.3 is 28.7 Å². The molecule has 1 aliphatic carbocycles. The van der Waals surface area contributed by atoms with E-state index in [1.165, 1.54) is 5.57 Å². The van der Waals surface area contributed by atoms with Crippen molar-refractivity contribution in [3.05, 3.63) is 11.6 Å². The molecule has 0 aromatic heterocycles. The number of amides is 2. The number of likely N-dealkylation sites (tertiary alicyclic amines) is 2. The fourth-order valence-electron chi connectivity index (χ4n) is 7.51. The van der Waals surface area contributed by atoms with Crippen molar-refractivity contribution in [2.45, 2.75) is 83.4 Å². The number of hydrogen-bond acceptors (Lipinski definition) is 7. The average Bonchev–Trinajstić information content (AvgIpc) is 3.68. The molecule has 1 spiro atoms. The quantitative estimate of drug-likeness (QED) is 0.333. The molecule has 4 saturated heterocycles. The van der Waals surface area contributed by atoms with Crippen LogP contribution in [0.4, 0.5) is 4.79 Å². The van der Waals surface area contributed by atoms with Crippen LogP contribution in [0.3, 0.4) is 0 Å². The summed E-state index contributed by atoms with van der Waals surface area (Å²) >= 11 is 0. The van der Waals surface area contributed by atoms with E-state index in [-0.39, 0.29) is 47.4 Å². The van der Waals surface area contributed by atoms with Crippen molar-refractivity contribution < 1.29 is 28.5 Å². The van der Waals surface area contributed by atoms with Crippen LogP contribution >= 0.6 is 0 Å². The molecule has 0 bridgehead atoms. The lowest BCUT2D eigenvalue weighted by Gasteiger charge is -2.43. The Morgan fingerprint density at radius 2 is 1.76 bits per heavy atom. The Bertz CT molecular complexity index is 915. The summed E-state index contributed by atoms with van der Waals surface area (Å²) < 4.78 is 24.5. The average molecular weight is 534 g/mol. The fraction of sp³-hybridized carbons (Fsp3) is 0.862. The zero-order chi connectivity index (χ0) is 27.2. The molecule has 9 nitrogen and oxygen atoms in total. The molecule has 5 aliphatic rings. The minimum atomic E-state index is -0.342. The molecule has 0 aromatic rings. The number of epoxide rings is 2. The molecule has 8 atom stereocenters. The van der Waals surface area contributed by atoms with E-state index in [1.54, 1.807) is 7.11 Å². The smallest absolute Gasteiger partial charge is 0.410 e.